The number of rotatable bonds is 5. The predicted molar refractivity (Wildman–Crippen MR) is 208 cm³/mol. The van der Waals surface area contributed by atoms with Crippen LogP contribution in [0, 0.1) is 11.6 Å². The van der Waals surface area contributed by atoms with Crippen LogP contribution in [0.5, 0.6) is 5.75 Å². The van der Waals surface area contributed by atoms with E-state index in [9.17, 15) is 0 Å². The van der Waals surface area contributed by atoms with Crippen LogP contribution in [0.2, 0.25) is 0 Å². The number of aromatic nitrogens is 1. The highest BCUT2D eigenvalue weighted by molar-refractivity contribution is 6.10. The monoisotopic (exact) mass is 679 g/mol. The summed E-state index contributed by atoms with van der Waals surface area (Å²) in [6.07, 6.45) is 5.93. The lowest BCUT2D eigenvalue weighted by Crippen LogP contribution is -2.35. The van der Waals surface area contributed by atoms with Crippen molar-refractivity contribution < 1.29 is 13.5 Å². The van der Waals surface area contributed by atoms with Crippen molar-refractivity contribution in [3.8, 4) is 22.6 Å². The zero-order valence-corrected chi connectivity index (χ0v) is 29.0. The number of para-hydroxylation sites is 2. The summed E-state index contributed by atoms with van der Waals surface area (Å²) in [6.45, 7) is 4.36. The Balaban J connectivity index is 1.27. The summed E-state index contributed by atoms with van der Waals surface area (Å²) >= 11 is 0. The number of hydrogen-bond acceptors (Lipinski definition) is 1. The fraction of sp³-hybridized carbons (Fsp3) is 0.125. The molecule has 0 radical (unpaired) electrons. The lowest BCUT2D eigenvalue weighted by molar-refractivity contribution is 0.163. The van der Waals surface area contributed by atoms with Crippen molar-refractivity contribution in [1.29, 1.82) is 0 Å². The van der Waals surface area contributed by atoms with E-state index in [4.69, 9.17) is 4.74 Å². The van der Waals surface area contributed by atoms with Crippen molar-refractivity contribution in [3.05, 3.63) is 185 Å². The van der Waals surface area contributed by atoms with Crippen LogP contribution in [-0.4, -0.2) is 4.57 Å². The average molecular weight is 680 g/mol. The Kier molecular flexibility index (Phi) is 6.66. The van der Waals surface area contributed by atoms with Gasteiger partial charge in [0.15, 0.2) is 5.60 Å². The molecular weight excluding hydrogens is 645 g/mol. The molecule has 7 aromatic carbocycles. The molecule has 1 aliphatic carbocycles. The van der Waals surface area contributed by atoms with Gasteiger partial charge in [-0.1, -0.05) is 105 Å². The Morgan fingerprint density at radius 1 is 0.596 bits per heavy atom. The van der Waals surface area contributed by atoms with E-state index in [1.165, 1.54) is 12.1 Å². The minimum absolute atomic E-state index is 0.249. The van der Waals surface area contributed by atoms with E-state index < -0.39 is 11.0 Å². The van der Waals surface area contributed by atoms with Crippen LogP contribution in [0.3, 0.4) is 0 Å². The van der Waals surface area contributed by atoms with Crippen molar-refractivity contribution in [2.45, 2.75) is 37.7 Å². The van der Waals surface area contributed by atoms with E-state index >= 15 is 8.78 Å². The third-order valence-electron chi connectivity index (χ3n) is 11.8. The highest BCUT2D eigenvalue weighted by Gasteiger charge is 2.47. The molecule has 0 bridgehead atoms. The van der Waals surface area contributed by atoms with Crippen LogP contribution < -0.4 is 4.74 Å². The normalized spacial score (nSPS) is 16.9. The van der Waals surface area contributed by atoms with Gasteiger partial charge in [-0.25, -0.2) is 8.78 Å². The molecule has 1 aliphatic heterocycles. The minimum Gasteiger partial charge on any atom is -0.472 e. The zero-order chi connectivity index (χ0) is 35.2. The van der Waals surface area contributed by atoms with Gasteiger partial charge in [0.05, 0.1) is 11.0 Å². The molecule has 0 amide bonds. The van der Waals surface area contributed by atoms with Crippen LogP contribution in [0.4, 0.5) is 8.78 Å². The summed E-state index contributed by atoms with van der Waals surface area (Å²) in [5.74, 6) is 0.0646. The maximum absolute atomic E-state index is 15.4. The van der Waals surface area contributed by atoms with Gasteiger partial charge in [0, 0.05) is 44.0 Å². The summed E-state index contributed by atoms with van der Waals surface area (Å²) in [6, 6.07) is 46.0. The summed E-state index contributed by atoms with van der Waals surface area (Å²) < 4.78 is 40.2. The summed E-state index contributed by atoms with van der Waals surface area (Å²) in [7, 11) is 0. The van der Waals surface area contributed by atoms with Gasteiger partial charge in [0.25, 0.3) is 0 Å². The molecule has 4 heteroatoms. The molecule has 8 aromatic rings. The highest BCUT2D eigenvalue weighted by atomic mass is 19.1. The second-order valence-corrected chi connectivity index (χ2v) is 14.1. The molecule has 0 N–H and O–H groups in total. The second kappa shape index (κ2) is 11.2. The van der Waals surface area contributed by atoms with Crippen LogP contribution in [0.25, 0.3) is 55.5 Å². The van der Waals surface area contributed by atoms with Crippen molar-refractivity contribution in [3.63, 3.8) is 0 Å². The minimum atomic E-state index is -1.02. The molecule has 0 spiro atoms. The average Bonchev–Trinajstić information content (AvgIpc) is 3.68. The molecule has 52 heavy (non-hydrogen) atoms. The molecule has 2 nitrogen and oxygen atoms in total. The van der Waals surface area contributed by atoms with Crippen LogP contribution in [-0.2, 0) is 11.0 Å². The zero-order valence-electron chi connectivity index (χ0n) is 29.0. The number of ether oxygens (including phenoxy) is 1. The van der Waals surface area contributed by atoms with E-state index in [1.54, 1.807) is 12.1 Å². The first kappa shape index (κ1) is 30.8. The molecule has 0 saturated carbocycles. The lowest BCUT2D eigenvalue weighted by atomic mass is 9.71. The Bertz CT molecular complexity index is 2760. The Labute approximate surface area is 301 Å². The van der Waals surface area contributed by atoms with Crippen LogP contribution in [0.15, 0.2) is 146 Å². The van der Waals surface area contributed by atoms with Gasteiger partial charge in [-0.05, 0) is 101 Å². The van der Waals surface area contributed by atoms with Gasteiger partial charge in [0.2, 0.25) is 0 Å². The molecule has 1 aromatic heterocycles. The van der Waals surface area contributed by atoms with E-state index in [2.05, 4.69) is 109 Å². The number of hydrogen-bond donors (Lipinski definition) is 0. The van der Waals surface area contributed by atoms with Crippen molar-refractivity contribution >= 4 is 38.7 Å². The fourth-order valence-corrected chi connectivity index (χ4v) is 9.36. The van der Waals surface area contributed by atoms with Crippen molar-refractivity contribution in [2.75, 3.05) is 0 Å². The molecular formula is C48H35F2NO. The molecule has 1 unspecified atom stereocenters. The van der Waals surface area contributed by atoms with Crippen LogP contribution >= 0.6 is 0 Å². The number of nitrogens with zero attached hydrogens (tertiary/aromatic N) is 1. The number of halogens is 2. The van der Waals surface area contributed by atoms with E-state index in [0.29, 0.717) is 11.1 Å². The smallest absolute Gasteiger partial charge is 0.178 e. The Morgan fingerprint density at radius 3 is 2.08 bits per heavy atom. The Morgan fingerprint density at radius 2 is 1.29 bits per heavy atom. The van der Waals surface area contributed by atoms with Gasteiger partial charge in [0.1, 0.15) is 17.4 Å². The maximum atomic E-state index is 15.4. The van der Waals surface area contributed by atoms with Crippen molar-refractivity contribution in [1.82, 2.24) is 4.57 Å². The summed E-state index contributed by atoms with van der Waals surface area (Å²) in [5.41, 5.74) is 8.91. The van der Waals surface area contributed by atoms with E-state index in [0.717, 1.165) is 84.7 Å². The SMILES string of the molecule is CCC1(CC)c2cc(F)ccc2-c2c1c1c(c3cc(F)ccc23)OC(c2ccccc2)(c2ccc3c(c2)c2ccccc2n3-c2ccccc2)C=C1. The van der Waals surface area contributed by atoms with Crippen molar-refractivity contribution in [2.24, 2.45) is 0 Å². The topological polar surface area (TPSA) is 14.2 Å². The first-order valence-electron chi connectivity index (χ1n) is 18.1. The van der Waals surface area contributed by atoms with Gasteiger partial charge < -0.3 is 9.30 Å². The molecule has 0 saturated heterocycles. The third kappa shape index (κ3) is 4.09. The Hall–Kier alpha value is -6.00. The predicted octanol–water partition coefficient (Wildman–Crippen LogP) is 12.7. The molecule has 10 rings (SSSR count). The molecule has 2 aliphatic rings. The molecule has 2 heterocycles. The van der Waals surface area contributed by atoms with Gasteiger partial charge in [-0.15, -0.1) is 0 Å². The first-order valence-corrected chi connectivity index (χ1v) is 18.1. The van der Waals surface area contributed by atoms with E-state index in [-0.39, 0.29) is 11.6 Å². The second-order valence-electron chi connectivity index (χ2n) is 14.1. The maximum Gasteiger partial charge on any atom is 0.178 e. The fourth-order valence-electron chi connectivity index (χ4n) is 9.36. The summed E-state index contributed by atoms with van der Waals surface area (Å²) in [5, 5.41) is 3.88. The largest absolute Gasteiger partial charge is 0.472 e. The van der Waals surface area contributed by atoms with Gasteiger partial charge in [-0.3, -0.25) is 0 Å². The standard InChI is InChI=1S/C48H35F2NO/c1-3-47(4-2)41-29-33(50)21-23-37(41)44-36-22-20-32(49)28-40(36)46-38(45(44)47)25-26-48(52-46,30-13-7-5-8-14-30)31-19-24-43-39(27-31)35-17-11-12-18-42(35)51(43)34-15-9-6-10-16-34/h5-29H,3-4H2,1-2H3. The van der Waals surface area contributed by atoms with Gasteiger partial charge >= 0.3 is 0 Å². The molecule has 0 fully saturated rings. The quantitative estimate of drug-likeness (QED) is 0.177. The molecule has 252 valence electrons. The third-order valence-corrected chi connectivity index (χ3v) is 11.8. The van der Waals surface area contributed by atoms with Crippen LogP contribution in [0.1, 0.15) is 54.5 Å². The van der Waals surface area contributed by atoms with E-state index in [1.807, 2.05) is 36.4 Å². The molecule has 1 atom stereocenters. The summed E-state index contributed by atoms with van der Waals surface area (Å²) in [4.78, 5) is 0. The van der Waals surface area contributed by atoms with Gasteiger partial charge in [-0.2, -0.15) is 0 Å². The first-order chi connectivity index (χ1) is 25.5. The highest BCUT2D eigenvalue weighted by Crippen LogP contribution is 2.60. The number of benzene rings is 7. The lowest BCUT2D eigenvalue weighted by Gasteiger charge is -2.39. The number of fused-ring (bicyclic) bond motifs is 11.